The van der Waals surface area contributed by atoms with E-state index in [1.165, 1.54) is 0 Å². The van der Waals surface area contributed by atoms with Gasteiger partial charge in [-0.2, -0.15) is 0 Å². The van der Waals surface area contributed by atoms with E-state index in [4.69, 9.17) is 9.15 Å². The number of rotatable bonds is 7. The fourth-order valence-corrected chi connectivity index (χ4v) is 1.90. The molecule has 4 heteroatoms. The molecule has 0 aliphatic carbocycles. The number of hydrogen-bond acceptors (Lipinski definition) is 4. The summed E-state index contributed by atoms with van der Waals surface area (Å²) in [5.41, 5.74) is 1.14. The van der Waals surface area contributed by atoms with E-state index in [1.54, 1.807) is 0 Å². The molecule has 20 heavy (non-hydrogen) atoms. The normalized spacial score (nSPS) is 12.3. The molecule has 1 atom stereocenters. The first-order valence-electron chi connectivity index (χ1n) is 6.77. The van der Waals surface area contributed by atoms with Crippen molar-refractivity contribution in [1.82, 2.24) is 5.32 Å². The van der Waals surface area contributed by atoms with Crippen LogP contribution in [0.15, 0.2) is 40.8 Å². The molecular formula is C16H21NO3. The Morgan fingerprint density at radius 1 is 1.25 bits per heavy atom. The third-order valence-electron chi connectivity index (χ3n) is 2.91. The molecule has 1 unspecified atom stereocenters. The van der Waals surface area contributed by atoms with Gasteiger partial charge in [0.25, 0.3) is 0 Å². The topological polar surface area (TPSA) is 54.6 Å². The predicted molar refractivity (Wildman–Crippen MR) is 77.8 cm³/mol. The van der Waals surface area contributed by atoms with Crippen molar-refractivity contribution in [3.63, 3.8) is 0 Å². The SMILES string of the molecule is Cc1cccc(OCC(O)CNCc2ccc(C)o2)c1. The van der Waals surface area contributed by atoms with Crippen LogP contribution in [-0.4, -0.2) is 24.4 Å². The number of hydrogen-bond donors (Lipinski definition) is 2. The van der Waals surface area contributed by atoms with E-state index < -0.39 is 6.10 Å². The summed E-state index contributed by atoms with van der Waals surface area (Å²) in [5.74, 6) is 2.55. The van der Waals surface area contributed by atoms with Gasteiger partial charge in [-0.15, -0.1) is 0 Å². The summed E-state index contributed by atoms with van der Waals surface area (Å²) in [6, 6.07) is 11.6. The second kappa shape index (κ2) is 7.12. The van der Waals surface area contributed by atoms with Crippen molar-refractivity contribution in [2.24, 2.45) is 0 Å². The van der Waals surface area contributed by atoms with Gasteiger partial charge in [0.15, 0.2) is 0 Å². The summed E-state index contributed by atoms with van der Waals surface area (Å²) >= 11 is 0. The zero-order valence-electron chi connectivity index (χ0n) is 11.9. The number of aryl methyl sites for hydroxylation is 2. The second-order valence-corrected chi connectivity index (χ2v) is 4.92. The summed E-state index contributed by atoms with van der Waals surface area (Å²) in [5, 5.41) is 13.0. The highest BCUT2D eigenvalue weighted by Gasteiger charge is 2.06. The van der Waals surface area contributed by atoms with Gasteiger partial charge in [-0.05, 0) is 43.7 Å². The van der Waals surface area contributed by atoms with Crippen LogP contribution in [0.1, 0.15) is 17.1 Å². The van der Waals surface area contributed by atoms with Crippen LogP contribution in [0, 0.1) is 13.8 Å². The fraction of sp³-hybridized carbons (Fsp3) is 0.375. The first-order valence-corrected chi connectivity index (χ1v) is 6.77. The van der Waals surface area contributed by atoms with E-state index in [-0.39, 0.29) is 6.61 Å². The molecule has 0 amide bonds. The van der Waals surface area contributed by atoms with Crippen molar-refractivity contribution >= 4 is 0 Å². The zero-order chi connectivity index (χ0) is 14.4. The van der Waals surface area contributed by atoms with E-state index in [1.807, 2.05) is 50.2 Å². The summed E-state index contributed by atoms with van der Waals surface area (Å²) in [7, 11) is 0. The maximum Gasteiger partial charge on any atom is 0.119 e. The third-order valence-corrected chi connectivity index (χ3v) is 2.91. The molecule has 0 spiro atoms. The minimum absolute atomic E-state index is 0.271. The highest BCUT2D eigenvalue weighted by molar-refractivity contribution is 5.27. The first kappa shape index (κ1) is 14.6. The van der Waals surface area contributed by atoms with Crippen LogP contribution in [0.4, 0.5) is 0 Å². The molecule has 0 fully saturated rings. The maximum absolute atomic E-state index is 9.84. The van der Waals surface area contributed by atoms with Crippen LogP contribution in [0.5, 0.6) is 5.75 Å². The first-order chi connectivity index (χ1) is 9.63. The Morgan fingerprint density at radius 2 is 2.10 bits per heavy atom. The number of benzene rings is 1. The Kier molecular flexibility index (Phi) is 5.21. The van der Waals surface area contributed by atoms with Crippen molar-refractivity contribution in [1.29, 1.82) is 0 Å². The lowest BCUT2D eigenvalue weighted by molar-refractivity contribution is 0.105. The quantitative estimate of drug-likeness (QED) is 0.815. The lowest BCUT2D eigenvalue weighted by atomic mass is 10.2. The molecule has 1 aromatic heterocycles. The van der Waals surface area contributed by atoms with Gasteiger partial charge in [-0.25, -0.2) is 0 Å². The Balaban J connectivity index is 1.66. The molecular weight excluding hydrogens is 254 g/mol. The van der Waals surface area contributed by atoms with Crippen LogP contribution in [-0.2, 0) is 6.54 Å². The van der Waals surface area contributed by atoms with E-state index in [2.05, 4.69) is 5.32 Å². The van der Waals surface area contributed by atoms with Crippen molar-refractivity contribution in [3.8, 4) is 5.75 Å². The van der Waals surface area contributed by atoms with E-state index in [0.717, 1.165) is 22.8 Å². The number of nitrogens with one attached hydrogen (secondary N) is 1. The number of aliphatic hydroxyl groups excluding tert-OH is 1. The molecule has 108 valence electrons. The van der Waals surface area contributed by atoms with Gasteiger partial charge in [-0.1, -0.05) is 12.1 Å². The fourth-order valence-electron chi connectivity index (χ4n) is 1.90. The highest BCUT2D eigenvalue weighted by Crippen LogP contribution is 2.12. The van der Waals surface area contributed by atoms with Crippen LogP contribution in [0.25, 0.3) is 0 Å². The standard InChI is InChI=1S/C16H21NO3/c1-12-4-3-5-15(8-12)19-11-14(18)9-17-10-16-7-6-13(2)20-16/h3-8,14,17-18H,9-11H2,1-2H3. The molecule has 4 nitrogen and oxygen atoms in total. The largest absolute Gasteiger partial charge is 0.491 e. The van der Waals surface area contributed by atoms with Gasteiger partial charge >= 0.3 is 0 Å². The molecule has 2 rings (SSSR count). The highest BCUT2D eigenvalue weighted by atomic mass is 16.5. The molecule has 0 aliphatic heterocycles. The van der Waals surface area contributed by atoms with Crippen molar-refractivity contribution < 1.29 is 14.3 Å². The Bertz CT molecular complexity index is 536. The van der Waals surface area contributed by atoms with Gasteiger partial charge in [-0.3, -0.25) is 0 Å². The molecule has 2 N–H and O–H groups in total. The van der Waals surface area contributed by atoms with Gasteiger partial charge in [0, 0.05) is 6.54 Å². The average molecular weight is 275 g/mol. The second-order valence-electron chi connectivity index (χ2n) is 4.92. The van der Waals surface area contributed by atoms with Crippen LogP contribution in [0.2, 0.25) is 0 Å². The monoisotopic (exact) mass is 275 g/mol. The average Bonchev–Trinajstić information content (AvgIpc) is 2.82. The van der Waals surface area contributed by atoms with Gasteiger partial charge < -0.3 is 19.6 Å². The summed E-state index contributed by atoms with van der Waals surface area (Å²) in [6.07, 6.45) is -0.549. The number of furan rings is 1. The number of aliphatic hydroxyl groups is 1. The lowest BCUT2D eigenvalue weighted by Crippen LogP contribution is -2.31. The Morgan fingerprint density at radius 3 is 2.80 bits per heavy atom. The maximum atomic E-state index is 9.84. The number of ether oxygens (including phenoxy) is 1. The Hall–Kier alpha value is -1.78. The smallest absolute Gasteiger partial charge is 0.119 e. The zero-order valence-corrected chi connectivity index (χ0v) is 11.9. The Labute approximate surface area is 119 Å². The van der Waals surface area contributed by atoms with Gasteiger partial charge in [0.2, 0.25) is 0 Å². The van der Waals surface area contributed by atoms with E-state index in [0.29, 0.717) is 13.1 Å². The molecule has 0 bridgehead atoms. The summed E-state index contributed by atoms with van der Waals surface area (Å²) in [4.78, 5) is 0. The van der Waals surface area contributed by atoms with Crippen molar-refractivity contribution in [2.75, 3.05) is 13.2 Å². The lowest BCUT2D eigenvalue weighted by Gasteiger charge is -2.13. The summed E-state index contributed by atoms with van der Waals surface area (Å²) in [6.45, 7) is 5.26. The van der Waals surface area contributed by atoms with E-state index in [9.17, 15) is 5.11 Å². The molecule has 0 saturated heterocycles. The molecule has 0 aliphatic rings. The molecule has 2 aromatic rings. The van der Waals surface area contributed by atoms with Crippen molar-refractivity contribution in [2.45, 2.75) is 26.5 Å². The van der Waals surface area contributed by atoms with Crippen LogP contribution >= 0.6 is 0 Å². The molecule has 1 heterocycles. The minimum Gasteiger partial charge on any atom is -0.491 e. The summed E-state index contributed by atoms with van der Waals surface area (Å²) < 4.78 is 11.0. The minimum atomic E-state index is -0.549. The predicted octanol–water partition coefficient (Wildman–Crippen LogP) is 2.43. The molecule has 1 aromatic carbocycles. The van der Waals surface area contributed by atoms with E-state index >= 15 is 0 Å². The van der Waals surface area contributed by atoms with Gasteiger partial charge in [0.05, 0.1) is 6.54 Å². The molecule has 0 radical (unpaired) electrons. The van der Waals surface area contributed by atoms with Crippen molar-refractivity contribution in [3.05, 3.63) is 53.5 Å². The van der Waals surface area contributed by atoms with Gasteiger partial charge in [0.1, 0.15) is 30.0 Å². The molecule has 0 saturated carbocycles. The van der Waals surface area contributed by atoms with Crippen LogP contribution in [0.3, 0.4) is 0 Å². The van der Waals surface area contributed by atoms with Crippen LogP contribution < -0.4 is 10.1 Å². The third kappa shape index (κ3) is 4.72.